The van der Waals surface area contributed by atoms with Gasteiger partial charge in [-0.2, -0.15) is 0 Å². The highest BCUT2D eigenvalue weighted by atomic mass is 19.4. The van der Waals surface area contributed by atoms with E-state index in [0.29, 0.717) is 22.4 Å². The number of carbonyl (C=O) groups is 1. The number of hydrogen-bond acceptors (Lipinski definition) is 5. The first-order chi connectivity index (χ1) is 13.7. The van der Waals surface area contributed by atoms with Crippen LogP contribution in [0.3, 0.4) is 0 Å². The van der Waals surface area contributed by atoms with Crippen molar-refractivity contribution in [3.63, 3.8) is 0 Å². The van der Waals surface area contributed by atoms with Crippen LogP contribution in [0.4, 0.5) is 13.2 Å². The van der Waals surface area contributed by atoms with E-state index < -0.39 is 25.0 Å². The molecule has 1 atom stereocenters. The number of rotatable bonds is 8. The van der Waals surface area contributed by atoms with Crippen molar-refractivity contribution in [1.29, 1.82) is 0 Å². The van der Waals surface area contributed by atoms with Crippen LogP contribution in [-0.2, 0) is 0 Å². The number of amides is 1. The fourth-order valence-corrected chi connectivity index (χ4v) is 2.35. The minimum Gasteiger partial charge on any atom is -0.496 e. The zero-order valence-corrected chi connectivity index (χ0v) is 15.4. The van der Waals surface area contributed by atoms with Gasteiger partial charge in [-0.25, -0.2) is 0 Å². The number of aliphatic hydroxyl groups excluding tert-OH is 2. The third kappa shape index (κ3) is 7.13. The molecule has 0 aliphatic carbocycles. The van der Waals surface area contributed by atoms with Crippen molar-refractivity contribution in [3.8, 4) is 11.5 Å². The number of aliphatic hydroxyl groups is 2. The fraction of sp³-hybridized carbons (Fsp3) is 0.250. The molecule has 0 aromatic heterocycles. The number of methoxy groups -OCH3 is 1. The molecule has 0 fully saturated rings. The molecule has 1 amide bonds. The van der Waals surface area contributed by atoms with Gasteiger partial charge >= 0.3 is 6.36 Å². The Balaban J connectivity index is 2.15. The van der Waals surface area contributed by atoms with Gasteiger partial charge < -0.3 is 25.0 Å². The summed E-state index contributed by atoms with van der Waals surface area (Å²) in [5.74, 6) is -0.273. The third-order valence-corrected chi connectivity index (χ3v) is 3.77. The summed E-state index contributed by atoms with van der Waals surface area (Å²) in [4.78, 5) is 12.2. The molecule has 0 heterocycles. The van der Waals surface area contributed by atoms with Crippen molar-refractivity contribution < 1.29 is 37.7 Å². The molecule has 1 unspecified atom stereocenters. The van der Waals surface area contributed by atoms with Gasteiger partial charge in [-0.3, -0.25) is 4.79 Å². The van der Waals surface area contributed by atoms with Crippen molar-refractivity contribution in [3.05, 3.63) is 59.2 Å². The van der Waals surface area contributed by atoms with Crippen LogP contribution in [0.2, 0.25) is 0 Å². The molecule has 0 radical (unpaired) electrons. The Bertz CT molecular complexity index is 850. The zero-order valence-electron chi connectivity index (χ0n) is 15.4. The fourth-order valence-electron chi connectivity index (χ4n) is 2.35. The molecule has 156 valence electrons. The van der Waals surface area contributed by atoms with Crippen molar-refractivity contribution in [2.45, 2.75) is 12.5 Å². The molecular weight excluding hydrogens is 391 g/mol. The number of benzene rings is 2. The van der Waals surface area contributed by atoms with Gasteiger partial charge in [0.05, 0.1) is 19.8 Å². The molecule has 3 N–H and O–H groups in total. The van der Waals surface area contributed by atoms with Gasteiger partial charge in [0.1, 0.15) is 11.5 Å². The van der Waals surface area contributed by atoms with E-state index in [1.807, 2.05) is 0 Å². The maximum Gasteiger partial charge on any atom is 0.573 e. The minimum absolute atomic E-state index is 0.0983. The van der Waals surface area contributed by atoms with Crippen LogP contribution < -0.4 is 14.8 Å². The Morgan fingerprint density at radius 2 is 1.86 bits per heavy atom. The van der Waals surface area contributed by atoms with Gasteiger partial charge in [-0.1, -0.05) is 24.3 Å². The smallest absolute Gasteiger partial charge is 0.496 e. The van der Waals surface area contributed by atoms with Crippen molar-refractivity contribution in [2.75, 3.05) is 20.3 Å². The molecule has 6 nitrogen and oxygen atoms in total. The van der Waals surface area contributed by atoms with Crippen LogP contribution in [0.25, 0.3) is 12.2 Å². The van der Waals surface area contributed by atoms with E-state index in [-0.39, 0.29) is 12.3 Å². The Morgan fingerprint density at radius 3 is 2.45 bits per heavy atom. The maximum absolute atomic E-state index is 12.2. The molecule has 0 saturated heterocycles. The van der Waals surface area contributed by atoms with Gasteiger partial charge in [-0.05, 0) is 35.9 Å². The molecule has 2 aromatic carbocycles. The SMILES string of the molecule is COc1ccc(C(=O)NCC(O)CO)cc1C=Cc1ccc(OC(F)(F)F)cc1. The van der Waals surface area contributed by atoms with Crippen LogP contribution in [-0.4, -0.2) is 48.8 Å². The summed E-state index contributed by atoms with van der Waals surface area (Å²) >= 11 is 0. The van der Waals surface area contributed by atoms with E-state index in [2.05, 4.69) is 10.1 Å². The summed E-state index contributed by atoms with van der Waals surface area (Å²) in [5, 5.41) is 20.6. The van der Waals surface area contributed by atoms with Gasteiger partial charge in [0.2, 0.25) is 0 Å². The highest BCUT2D eigenvalue weighted by molar-refractivity contribution is 5.95. The zero-order chi connectivity index (χ0) is 21.4. The number of alkyl halides is 3. The lowest BCUT2D eigenvalue weighted by Gasteiger charge is -2.11. The van der Waals surface area contributed by atoms with Crippen molar-refractivity contribution in [2.24, 2.45) is 0 Å². The van der Waals surface area contributed by atoms with Crippen LogP contribution in [0.1, 0.15) is 21.5 Å². The van der Waals surface area contributed by atoms with Crippen LogP contribution >= 0.6 is 0 Å². The predicted octanol–water partition coefficient (Wildman–Crippen LogP) is 2.85. The summed E-state index contributed by atoms with van der Waals surface area (Å²) in [6.45, 7) is -0.567. The maximum atomic E-state index is 12.2. The molecule has 29 heavy (non-hydrogen) atoms. The Hall–Kier alpha value is -3.04. The minimum atomic E-state index is -4.75. The first-order valence-electron chi connectivity index (χ1n) is 8.51. The normalized spacial score (nSPS) is 12.6. The predicted molar refractivity (Wildman–Crippen MR) is 100 cm³/mol. The molecular formula is C20H20F3NO5. The molecule has 2 rings (SSSR count). The van der Waals surface area contributed by atoms with E-state index in [9.17, 15) is 23.1 Å². The highest BCUT2D eigenvalue weighted by Crippen LogP contribution is 2.25. The largest absolute Gasteiger partial charge is 0.573 e. The van der Waals surface area contributed by atoms with E-state index in [1.54, 1.807) is 30.4 Å². The number of hydrogen-bond donors (Lipinski definition) is 3. The van der Waals surface area contributed by atoms with Crippen molar-refractivity contribution in [1.82, 2.24) is 5.32 Å². The summed E-state index contributed by atoms with van der Waals surface area (Å²) in [6, 6.07) is 10.0. The second-order valence-electron chi connectivity index (χ2n) is 5.95. The Labute approximate surface area is 165 Å². The molecule has 0 aliphatic rings. The Morgan fingerprint density at radius 1 is 1.17 bits per heavy atom. The second-order valence-corrected chi connectivity index (χ2v) is 5.95. The molecule has 0 saturated carbocycles. The standard InChI is InChI=1S/C20H20F3NO5/c1-28-18-9-6-15(19(27)24-11-16(26)12-25)10-14(18)5-2-13-3-7-17(8-4-13)29-20(21,22)23/h2-10,16,25-26H,11-12H2,1H3,(H,24,27). The van der Waals surface area contributed by atoms with E-state index in [1.165, 1.54) is 31.4 Å². The quantitative estimate of drug-likeness (QED) is 0.582. The first kappa shape index (κ1) is 22.3. The molecule has 0 aliphatic heterocycles. The van der Waals surface area contributed by atoms with Crippen LogP contribution in [0.15, 0.2) is 42.5 Å². The average molecular weight is 411 g/mol. The van der Waals surface area contributed by atoms with Gasteiger partial charge in [0, 0.05) is 17.7 Å². The monoisotopic (exact) mass is 411 g/mol. The highest BCUT2D eigenvalue weighted by Gasteiger charge is 2.30. The van der Waals surface area contributed by atoms with E-state index in [4.69, 9.17) is 9.84 Å². The number of ether oxygens (including phenoxy) is 2. The van der Waals surface area contributed by atoms with Gasteiger partial charge in [0.25, 0.3) is 5.91 Å². The lowest BCUT2D eigenvalue weighted by atomic mass is 10.1. The molecule has 2 aromatic rings. The number of nitrogens with one attached hydrogen (secondary N) is 1. The lowest BCUT2D eigenvalue weighted by Crippen LogP contribution is -2.33. The molecule has 0 spiro atoms. The van der Waals surface area contributed by atoms with Crippen molar-refractivity contribution >= 4 is 18.1 Å². The summed E-state index contributed by atoms with van der Waals surface area (Å²) in [7, 11) is 1.47. The second kappa shape index (κ2) is 9.94. The Kier molecular flexibility index (Phi) is 7.63. The van der Waals surface area contributed by atoms with Crippen LogP contribution in [0, 0.1) is 0 Å². The molecule has 9 heteroatoms. The summed E-state index contributed by atoms with van der Waals surface area (Å²) in [6.07, 6.45) is -2.51. The van der Waals surface area contributed by atoms with Crippen LogP contribution in [0.5, 0.6) is 11.5 Å². The number of halogens is 3. The lowest BCUT2D eigenvalue weighted by molar-refractivity contribution is -0.274. The van der Waals surface area contributed by atoms with Gasteiger partial charge in [-0.15, -0.1) is 13.2 Å². The summed E-state index contributed by atoms with van der Waals surface area (Å²) in [5.41, 5.74) is 1.49. The number of carbonyl (C=O) groups excluding carboxylic acids is 1. The first-order valence-corrected chi connectivity index (χ1v) is 8.51. The topological polar surface area (TPSA) is 88.0 Å². The van der Waals surface area contributed by atoms with E-state index in [0.717, 1.165) is 0 Å². The molecule has 0 bridgehead atoms. The van der Waals surface area contributed by atoms with Gasteiger partial charge in [0.15, 0.2) is 0 Å². The third-order valence-electron chi connectivity index (χ3n) is 3.77. The summed E-state index contributed by atoms with van der Waals surface area (Å²) < 4.78 is 45.7. The van der Waals surface area contributed by atoms with E-state index >= 15 is 0 Å². The average Bonchev–Trinajstić information content (AvgIpc) is 2.69.